The Hall–Kier alpha value is -0.650. The Kier molecular flexibility index (Phi) is 3.65. The van der Waals surface area contributed by atoms with E-state index in [0.717, 1.165) is 9.26 Å². The Morgan fingerprint density at radius 2 is 2.31 bits per heavy atom. The zero-order valence-electron chi connectivity index (χ0n) is 7.54. The minimum absolute atomic E-state index is 0.00370. The number of aromatic nitrogens is 1. The largest absolute Gasteiger partial charge is 0.324 e. The normalized spacial score (nSPS) is 10.2. The number of anilines is 1. The van der Waals surface area contributed by atoms with Crippen LogP contribution in [-0.4, -0.2) is 10.9 Å². The molecule has 1 aromatic rings. The summed E-state index contributed by atoms with van der Waals surface area (Å²) in [6.45, 7) is 3.72. The van der Waals surface area contributed by atoms with Crippen LogP contribution in [0.1, 0.15) is 13.8 Å². The molecule has 0 saturated carbocycles. The highest BCUT2D eigenvalue weighted by molar-refractivity contribution is 14.1. The van der Waals surface area contributed by atoms with Gasteiger partial charge >= 0.3 is 0 Å². The molecule has 0 aliphatic rings. The van der Waals surface area contributed by atoms with Gasteiger partial charge in [-0.3, -0.25) is 9.78 Å². The molecular formula is C9H11IN2O. The van der Waals surface area contributed by atoms with E-state index in [1.54, 1.807) is 12.4 Å². The van der Waals surface area contributed by atoms with Crippen molar-refractivity contribution in [3.63, 3.8) is 0 Å². The molecule has 0 aliphatic carbocycles. The molecule has 0 bridgehead atoms. The van der Waals surface area contributed by atoms with Crippen LogP contribution < -0.4 is 5.32 Å². The van der Waals surface area contributed by atoms with E-state index >= 15 is 0 Å². The first-order chi connectivity index (χ1) is 6.11. The van der Waals surface area contributed by atoms with Crippen molar-refractivity contribution < 1.29 is 4.79 Å². The molecule has 1 N–H and O–H groups in total. The predicted octanol–water partition coefficient (Wildman–Crippen LogP) is 2.28. The molecule has 0 unspecified atom stereocenters. The number of carbonyl (C=O) groups excluding carboxylic acids is 1. The second-order valence-corrected chi connectivity index (χ2v) is 4.16. The van der Waals surface area contributed by atoms with Gasteiger partial charge in [0, 0.05) is 15.7 Å². The van der Waals surface area contributed by atoms with Crippen molar-refractivity contribution in [3.8, 4) is 0 Å². The summed E-state index contributed by atoms with van der Waals surface area (Å²) in [5.41, 5.74) is 0.779. The predicted molar refractivity (Wildman–Crippen MR) is 60.4 cm³/mol. The van der Waals surface area contributed by atoms with Crippen molar-refractivity contribution in [2.75, 3.05) is 5.32 Å². The van der Waals surface area contributed by atoms with Gasteiger partial charge in [0.05, 0.1) is 11.9 Å². The van der Waals surface area contributed by atoms with Crippen LogP contribution in [0.5, 0.6) is 0 Å². The number of carbonyl (C=O) groups is 1. The van der Waals surface area contributed by atoms with Gasteiger partial charge in [0.1, 0.15) is 0 Å². The number of pyridine rings is 1. The fourth-order valence-corrected chi connectivity index (χ4v) is 1.18. The number of nitrogens with zero attached hydrogens (tertiary/aromatic N) is 1. The first-order valence-corrected chi connectivity index (χ1v) is 5.09. The Labute approximate surface area is 91.1 Å². The lowest BCUT2D eigenvalue weighted by atomic mass is 10.2. The molecule has 4 heteroatoms. The molecule has 0 fully saturated rings. The standard InChI is InChI=1S/C9H11IN2O/c1-6(2)9(13)12-8-5-11-4-3-7(8)10/h3-6H,1-2H3,(H,12,13). The zero-order valence-corrected chi connectivity index (χ0v) is 9.70. The number of amides is 1. The van der Waals surface area contributed by atoms with Gasteiger partial charge < -0.3 is 5.32 Å². The van der Waals surface area contributed by atoms with E-state index in [2.05, 4.69) is 32.9 Å². The zero-order chi connectivity index (χ0) is 9.84. The first-order valence-electron chi connectivity index (χ1n) is 4.01. The van der Waals surface area contributed by atoms with Crippen molar-refractivity contribution in [1.82, 2.24) is 4.98 Å². The van der Waals surface area contributed by atoms with Gasteiger partial charge in [0.2, 0.25) is 5.91 Å². The summed E-state index contributed by atoms with van der Waals surface area (Å²) in [5, 5.41) is 2.80. The van der Waals surface area contributed by atoms with E-state index in [1.807, 2.05) is 19.9 Å². The van der Waals surface area contributed by atoms with Crippen LogP contribution in [0.2, 0.25) is 0 Å². The Morgan fingerprint density at radius 1 is 1.62 bits per heavy atom. The number of hydrogen-bond acceptors (Lipinski definition) is 2. The molecule has 0 spiro atoms. The summed E-state index contributed by atoms with van der Waals surface area (Å²) in [6.07, 6.45) is 3.36. The van der Waals surface area contributed by atoms with Crippen LogP contribution in [-0.2, 0) is 4.79 Å². The topological polar surface area (TPSA) is 42.0 Å². The summed E-state index contributed by atoms with van der Waals surface area (Å²) >= 11 is 2.16. The van der Waals surface area contributed by atoms with E-state index in [0.29, 0.717) is 0 Å². The minimum Gasteiger partial charge on any atom is -0.324 e. The fraction of sp³-hybridized carbons (Fsp3) is 0.333. The molecule has 3 nitrogen and oxygen atoms in total. The molecular weight excluding hydrogens is 279 g/mol. The van der Waals surface area contributed by atoms with Crippen LogP contribution in [0.25, 0.3) is 0 Å². The second-order valence-electron chi connectivity index (χ2n) is 3.00. The fourth-order valence-electron chi connectivity index (χ4n) is 0.747. The summed E-state index contributed by atoms with van der Waals surface area (Å²) in [6, 6.07) is 1.86. The highest BCUT2D eigenvalue weighted by Crippen LogP contribution is 2.16. The lowest BCUT2D eigenvalue weighted by Gasteiger charge is -2.08. The van der Waals surface area contributed by atoms with E-state index in [9.17, 15) is 4.79 Å². The van der Waals surface area contributed by atoms with Gasteiger partial charge in [0.15, 0.2) is 0 Å². The van der Waals surface area contributed by atoms with Crippen molar-refractivity contribution in [1.29, 1.82) is 0 Å². The monoisotopic (exact) mass is 290 g/mol. The summed E-state index contributed by atoms with van der Waals surface area (Å²) < 4.78 is 1.00. The Bertz CT molecular complexity index is 312. The van der Waals surface area contributed by atoms with Gasteiger partial charge in [-0.1, -0.05) is 13.8 Å². The molecule has 0 saturated heterocycles. The van der Waals surface area contributed by atoms with Gasteiger partial charge in [-0.05, 0) is 28.7 Å². The number of halogens is 1. The maximum atomic E-state index is 11.3. The molecule has 13 heavy (non-hydrogen) atoms. The number of rotatable bonds is 2. The van der Waals surface area contributed by atoms with Gasteiger partial charge in [0.25, 0.3) is 0 Å². The highest BCUT2D eigenvalue weighted by atomic mass is 127. The van der Waals surface area contributed by atoms with Crippen molar-refractivity contribution >= 4 is 34.2 Å². The average molecular weight is 290 g/mol. The molecule has 1 aromatic heterocycles. The third kappa shape index (κ3) is 2.95. The maximum absolute atomic E-state index is 11.3. The third-order valence-corrected chi connectivity index (χ3v) is 2.49. The average Bonchev–Trinajstić information content (AvgIpc) is 2.08. The molecule has 1 heterocycles. The second kappa shape index (κ2) is 4.55. The van der Waals surface area contributed by atoms with Crippen molar-refractivity contribution in [3.05, 3.63) is 22.0 Å². The van der Waals surface area contributed by atoms with Gasteiger partial charge in [-0.25, -0.2) is 0 Å². The van der Waals surface area contributed by atoms with E-state index in [-0.39, 0.29) is 11.8 Å². The molecule has 0 aliphatic heterocycles. The lowest BCUT2D eigenvalue weighted by Crippen LogP contribution is -2.18. The summed E-state index contributed by atoms with van der Waals surface area (Å²) in [5.74, 6) is 0.0157. The van der Waals surface area contributed by atoms with Crippen molar-refractivity contribution in [2.24, 2.45) is 5.92 Å². The van der Waals surface area contributed by atoms with E-state index < -0.39 is 0 Å². The smallest absolute Gasteiger partial charge is 0.226 e. The lowest BCUT2D eigenvalue weighted by molar-refractivity contribution is -0.118. The van der Waals surface area contributed by atoms with Crippen molar-refractivity contribution in [2.45, 2.75) is 13.8 Å². The summed E-state index contributed by atoms with van der Waals surface area (Å²) in [4.78, 5) is 15.3. The number of hydrogen-bond donors (Lipinski definition) is 1. The highest BCUT2D eigenvalue weighted by Gasteiger charge is 2.08. The third-order valence-electron chi connectivity index (χ3n) is 1.55. The van der Waals surface area contributed by atoms with Crippen LogP contribution in [0, 0.1) is 9.49 Å². The Morgan fingerprint density at radius 3 is 2.85 bits per heavy atom. The molecule has 0 atom stereocenters. The van der Waals surface area contributed by atoms with Crippen LogP contribution in [0.3, 0.4) is 0 Å². The maximum Gasteiger partial charge on any atom is 0.226 e. The van der Waals surface area contributed by atoms with Gasteiger partial charge in [-0.15, -0.1) is 0 Å². The molecule has 0 radical (unpaired) electrons. The molecule has 0 aromatic carbocycles. The van der Waals surface area contributed by atoms with Crippen LogP contribution in [0.15, 0.2) is 18.5 Å². The van der Waals surface area contributed by atoms with E-state index in [1.165, 1.54) is 0 Å². The van der Waals surface area contributed by atoms with Crippen LogP contribution in [0.4, 0.5) is 5.69 Å². The molecule has 1 amide bonds. The van der Waals surface area contributed by atoms with Crippen LogP contribution >= 0.6 is 22.6 Å². The Balaban J connectivity index is 2.75. The molecule has 70 valence electrons. The quantitative estimate of drug-likeness (QED) is 0.849. The molecule has 1 rings (SSSR count). The van der Waals surface area contributed by atoms with E-state index in [4.69, 9.17) is 0 Å². The SMILES string of the molecule is CC(C)C(=O)Nc1cnccc1I. The van der Waals surface area contributed by atoms with Gasteiger partial charge in [-0.2, -0.15) is 0 Å². The first kappa shape index (κ1) is 10.4. The summed E-state index contributed by atoms with van der Waals surface area (Å²) in [7, 11) is 0. The minimum atomic E-state index is -0.00370. The number of nitrogens with one attached hydrogen (secondary N) is 1.